The number of aryl methyl sites for hydroxylation is 1. The van der Waals surface area contributed by atoms with Crippen molar-refractivity contribution >= 4 is 11.9 Å². The SMILES string of the molecule is CN=C(NCCc1ccc(C)cc1)NCC(=O)NC(C)(C)C. The Bertz CT molecular complexity index is 500. The van der Waals surface area contributed by atoms with Gasteiger partial charge in [-0.25, -0.2) is 0 Å². The fraction of sp³-hybridized carbons (Fsp3) is 0.529. The normalized spacial score (nSPS) is 12.0. The molecule has 0 fully saturated rings. The van der Waals surface area contributed by atoms with Crippen molar-refractivity contribution in [2.24, 2.45) is 4.99 Å². The summed E-state index contributed by atoms with van der Waals surface area (Å²) < 4.78 is 0. The van der Waals surface area contributed by atoms with Crippen molar-refractivity contribution in [3.05, 3.63) is 35.4 Å². The summed E-state index contributed by atoms with van der Waals surface area (Å²) in [5.74, 6) is 0.588. The van der Waals surface area contributed by atoms with Gasteiger partial charge >= 0.3 is 0 Å². The van der Waals surface area contributed by atoms with Gasteiger partial charge in [0.15, 0.2) is 5.96 Å². The standard InChI is InChI=1S/C17H28N4O/c1-13-6-8-14(9-7-13)10-11-19-16(18-5)20-12-15(22)21-17(2,3)4/h6-9H,10-12H2,1-5H3,(H,21,22)(H2,18,19,20). The fourth-order valence-electron chi connectivity index (χ4n) is 1.93. The molecule has 0 aromatic heterocycles. The van der Waals surface area contributed by atoms with Crippen molar-refractivity contribution in [1.82, 2.24) is 16.0 Å². The van der Waals surface area contributed by atoms with Crippen LogP contribution in [0.2, 0.25) is 0 Å². The Balaban J connectivity index is 2.31. The van der Waals surface area contributed by atoms with Crippen LogP contribution in [0.15, 0.2) is 29.3 Å². The third-order valence-electron chi connectivity index (χ3n) is 2.98. The summed E-state index contributed by atoms with van der Waals surface area (Å²) in [4.78, 5) is 15.9. The zero-order valence-electron chi connectivity index (χ0n) is 14.3. The lowest BCUT2D eigenvalue weighted by Gasteiger charge is -2.21. The quantitative estimate of drug-likeness (QED) is 0.572. The van der Waals surface area contributed by atoms with Gasteiger partial charge in [0.25, 0.3) is 0 Å². The maximum Gasteiger partial charge on any atom is 0.239 e. The Labute approximate surface area is 133 Å². The molecule has 0 saturated heterocycles. The van der Waals surface area contributed by atoms with Crippen LogP contribution >= 0.6 is 0 Å². The molecule has 5 nitrogen and oxygen atoms in total. The van der Waals surface area contributed by atoms with E-state index in [1.807, 2.05) is 20.8 Å². The van der Waals surface area contributed by atoms with Crippen LogP contribution in [0.4, 0.5) is 0 Å². The molecule has 1 aromatic carbocycles. The molecule has 0 aliphatic rings. The first-order chi connectivity index (χ1) is 10.3. The van der Waals surface area contributed by atoms with Gasteiger partial charge in [-0.15, -0.1) is 0 Å². The van der Waals surface area contributed by atoms with Gasteiger partial charge in [0.2, 0.25) is 5.91 Å². The monoisotopic (exact) mass is 304 g/mol. The predicted octanol–water partition coefficient (Wildman–Crippen LogP) is 1.62. The number of hydrogen-bond donors (Lipinski definition) is 3. The van der Waals surface area contributed by atoms with Gasteiger partial charge in [-0.2, -0.15) is 0 Å². The topological polar surface area (TPSA) is 65.5 Å². The van der Waals surface area contributed by atoms with Crippen molar-refractivity contribution in [1.29, 1.82) is 0 Å². The number of amides is 1. The van der Waals surface area contributed by atoms with Gasteiger partial charge in [0.05, 0.1) is 6.54 Å². The molecule has 5 heteroatoms. The molecule has 0 heterocycles. The van der Waals surface area contributed by atoms with E-state index in [1.165, 1.54) is 11.1 Å². The highest BCUT2D eigenvalue weighted by atomic mass is 16.2. The van der Waals surface area contributed by atoms with E-state index in [1.54, 1.807) is 7.05 Å². The van der Waals surface area contributed by atoms with Gasteiger partial charge in [-0.3, -0.25) is 9.79 Å². The van der Waals surface area contributed by atoms with Gasteiger partial charge in [-0.1, -0.05) is 29.8 Å². The molecule has 0 atom stereocenters. The maximum absolute atomic E-state index is 11.7. The van der Waals surface area contributed by atoms with Crippen LogP contribution in [0.1, 0.15) is 31.9 Å². The second-order valence-corrected chi connectivity index (χ2v) is 6.39. The van der Waals surface area contributed by atoms with Crippen molar-refractivity contribution in [3.63, 3.8) is 0 Å². The minimum Gasteiger partial charge on any atom is -0.356 e. The number of carbonyl (C=O) groups is 1. The molecule has 0 spiro atoms. The van der Waals surface area contributed by atoms with Gasteiger partial charge in [-0.05, 0) is 39.7 Å². The van der Waals surface area contributed by atoms with Crippen molar-refractivity contribution < 1.29 is 4.79 Å². The third-order valence-corrected chi connectivity index (χ3v) is 2.98. The molecule has 1 aromatic rings. The second kappa shape index (κ2) is 8.41. The Morgan fingerprint density at radius 3 is 2.32 bits per heavy atom. The van der Waals surface area contributed by atoms with Crippen LogP contribution in [0.25, 0.3) is 0 Å². The lowest BCUT2D eigenvalue weighted by atomic mass is 10.1. The molecule has 22 heavy (non-hydrogen) atoms. The minimum absolute atomic E-state index is 0.0472. The summed E-state index contributed by atoms with van der Waals surface area (Å²) in [7, 11) is 1.70. The summed E-state index contributed by atoms with van der Waals surface area (Å²) in [6.07, 6.45) is 0.912. The minimum atomic E-state index is -0.221. The third kappa shape index (κ3) is 7.67. The van der Waals surface area contributed by atoms with Gasteiger partial charge < -0.3 is 16.0 Å². The van der Waals surface area contributed by atoms with E-state index in [0.29, 0.717) is 5.96 Å². The Morgan fingerprint density at radius 1 is 1.14 bits per heavy atom. The molecule has 3 N–H and O–H groups in total. The molecule has 0 unspecified atom stereocenters. The molecular weight excluding hydrogens is 276 g/mol. The first-order valence-corrected chi connectivity index (χ1v) is 7.61. The van der Waals surface area contributed by atoms with E-state index in [-0.39, 0.29) is 18.0 Å². The summed E-state index contributed by atoms with van der Waals surface area (Å²) in [6, 6.07) is 8.48. The molecule has 0 aliphatic carbocycles. The van der Waals surface area contributed by atoms with E-state index in [4.69, 9.17) is 0 Å². The molecule has 0 radical (unpaired) electrons. The average Bonchev–Trinajstić information content (AvgIpc) is 2.42. The molecular formula is C17H28N4O. The van der Waals surface area contributed by atoms with Gasteiger partial charge in [0, 0.05) is 19.1 Å². The van der Waals surface area contributed by atoms with E-state index in [9.17, 15) is 4.79 Å². The van der Waals surface area contributed by atoms with Crippen molar-refractivity contribution in [2.45, 2.75) is 39.7 Å². The van der Waals surface area contributed by atoms with Gasteiger partial charge in [0.1, 0.15) is 0 Å². The number of benzene rings is 1. The molecule has 1 rings (SSSR count). The number of guanidine groups is 1. The molecule has 0 aliphatic heterocycles. The second-order valence-electron chi connectivity index (χ2n) is 6.39. The fourth-order valence-corrected chi connectivity index (χ4v) is 1.93. The van der Waals surface area contributed by atoms with E-state index >= 15 is 0 Å². The van der Waals surface area contributed by atoms with Crippen molar-refractivity contribution in [2.75, 3.05) is 20.1 Å². The first-order valence-electron chi connectivity index (χ1n) is 7.61. The Kier molecular flexibility index (Phi) is 6.89. The molecule has 1 amide bonds. The highest BCUT2D eigenvalue weighted by molar-refractivity contribution is 5.86. The lowest BCUT2D eigenvalue weighted by Crippen LogP contribution is -2.48. The summed E-state index contributed by atoms with van der Waals surface area (Å²) in [5.41, 5.74) is 2.32. The van der Waals surface area contributed by atoms with Crippen LogP contribution < -0.4 is 16.0 Å². The van der Waals surface area contributed by atoms with Crippen LogP contribution in [0.5, 0.6) is 0 Å². The maximum atomic E-state index is 11.7. The van der Waals surface area contributed by atoms with Crippen LogP contribution in [-0.2, 0) is 11.2 Å². The number of rotatable bonds is 5. The number of nitrogens with zero attached hydrogens (tertiary/aromatic N) is 1. The summed E-state index contributed by atoms with van der Waals surface area (Å²) >= 11 is 0. The van der Waals surface area contributed by atoms with E-state index in [0.717, 1.165) is 13.0 Å². The summed E-state index contributed by atoms with van der Waals surface area (Å²) in [5, 5.41) is 9.13. The predicted molar refractivity (Wildman–Crippen MR) is 92.1 cm³/mol. The zero-order valence-corrected chi connectivity index (χ0v) is 14.3. The smallest absolute Gasteiger partial charge is 0.239 e. The largest absolute Gasteiger partial charge is 0.356 e. The Hall–Kier alpha value is -2.04. The van der Waals surface area contributed by atoms with Crippen LogP contribution in [0, 0.1) is 6.92 Å². The average molecular weight is 304 g/mol. The highest BCUT2D eigenvalue weighted by Crippen LogP contribution is 2.03. The lowest BCUT2D eigenvalue weighted by molar-refractivity contribution is -0.121. The number of nitrogens with one attached hydrogen (secondary N) is 3. The van der Waals surface area contributed by atoms with Crippen LogP contribution in [-0.4, -0.2) is 37.5 Å². The highest BCUT2D eigenvalue weighted by Gasteiger charge is 2.13. The molecule has 0 bridgehead atoms. The zero-order chi connectivity index (χ0) is 16.6. The van der Waals surface area contributed by atoms with Crippen molar-refractivity contribution in [3.8, 4) is 0 Å². The first kappa shape index (κ1) is 18.0. The number of aliphatic imine (C=N–C) groups is 1. The molecule has 0 saturated carbocycles. The number of carbonyl (C=O) groups excluding carboxylic acids is 1. The van der Waals surface area contributed by atoms with Crippen LogP contribution in [0.3, 0.4) is 0 Å². The molecule has 122 valence electrons. The van der Waals surface area contributed by atoms with E-state index < -0.39 is 0 Å². The Morgan fingerprint density at radius 2 is 1.77 bits per heavy atom. The number of hydrogen-bond acceptors (Lipinski definition) is 2. The summed E-state index contributed by atoms with van der Waals surface area (Å²) in [6.45, 7) is 8.93. The van der Waals surface area contributed by atoms with E-state index in [2.05, 4.69) is 52.1 Å².